The van der Waals surface area contributed by atoms with Crippen molar-refractivity contribution in [3.8, 4) is 0 Å². The van der Waals surface area contributed by atoms with E-state index < -0.39 is 11.7 Å². The Bertz CT molecular complexity index is 895. The van der Waals surface area contributed by atoms with Gasteiger partial charge in [0.25, 0.3) is 0 Å². The average molecular weight is 390 g/mol. The lowest BCUT2D eigenvalue weighted by atomic mass is 9.96. The molecule has 4 nitrogen and oxygen atoms in total. The summed E-state index contributed by atoms with van der Waals surface area (Å²) in [5.74, 6) is 0. The molecule has 1 unspecified atom stereocenters. The van der Waals surface area contributed by atoms with E-state index in [9.17, 15) is 18.3 Å². The summed E-state index contributed by atoms with van der Waals surface area (Å²) in [7, 11) is 0. The quantitative estimate of drug-likeness (QED) is 0.842. The molecule has 0 aromatic heterocycles. The fraction of sp³-hybridized carbons (Fsp3) is 0.333. The molecule has 2 N–H and O–H groups in total. The molecule has 148 valence electrons. The Hall–Kier alpha value is -2.51. The van der Waals surface area contributed by atoms with Gasteiger partial charge in [0.15, 0.2) is 0 Å². The number of halogens is 3. The molecule has 2 aromatic rings. The highest BCUT2D eigenvalue weighted by atomic mass is 19.4. The fourth-order valence-corrected chi connectivity index (χ4v) is 3.68. The first kappa shape index (κ1) is 18.8. The number of anilines is 1. The molecule has 4 rings (SSSR count). The van der Waals surface area contributed by atoms with Crippen molar-refractivity contribution in [2.45, 2.75) is 18.8 Å². The van der Waals surface area contributed by atoms with Gasteiger partial charge in [-0.3, -0.25) is 0 Å². The SMILES string of the molecule is OCC1CN(c2ccc3c(c2)CNC(c2ccccc2C(F)(F)F)=C3)CCO1. The van der Waals surface area contributed by atoms with E-state index in [4.69, 9.17) is 4.74 Å². The molecule has 0 aliphatic carbocycles. The maximum Gasteiger partial charge on any atom is 0.417 e. The molecule has 0 amide bonds. The van der Waals surface area contributed by atoms with Gasteiger partial charge in [-0.15, -0.1) is 0 Å². The molecule has 2 heterocycles. The Balaban J connectivity index is 1.63. The van der Waals surface area contributed by atoms with Gasteiger partial charge in [-0.2, -0.15) is 13.2 Å². The molecule has 28 heavy (non-hydrogen) atoms. The van der Waals surface area contributed by atoms with Crippen molar-refractivity contribution in [1.29, 1.82) is 0 Å². The highest BCUT2D eigenvalue weighted by Gasteiger charge is 2.34. The molecule has 2 aromatic carbocycles. The first-order valence-corrected chi connectivity index (χ1v) is 9.18. The third-order valence-corrected chi connectivity index (χ3v) is 5.13. The average Bonchev–Trinajstić information content (AvgIpc) is 2.72. The number of aliphatic hydroxyl groups excluding tert-OH is 1. The predicted molar refractivity (Wildman–Crippen MR) is 102 cm³/mol. The Morgan fingerprint density at radius 3 is 2.79 bits per heavy atom. The summed E-state index contributed by atoms with van der Waals surface area (Å²) in [5.41, 5.74) is 2.94. The van der Waals surface area contributed by atoms with Crippen molar-refractivity contribution in [3.63, 3.8) is 0 Å². The summed E-state index contributed by atoms with van der Waals surface area (Å²) in [4.78, 5) is 2.16. The van der Waals surface area contributed by atoms with E-state index in [2.05, 4.69) is 10.2 Å². The molecule has 0 saturated carbocycles. The third kappa shape index (κ3) is 3.72. The van der Waals surface area contributed by atoms with E-state index in [1.807, 2.05) is 18.2 Å². The molecule has 2 aliphatic rings. The predicted octanol–water partition coefficient (Wildman–Crippen LogP) is 3.50. The normalized spacial score (nSPS) is 19.6. The van der Waals surface area contributed by atoms with E-state index in [-0.39, 0.29) is 18.3 Å². The van der Waals surface area contributed by atoms with Crippen molar-refractivity contribution in [1.82, 2.24) is 5.32 Å². The zero-order valence-electron chi connectivity index (χ0n) is 15.2. The lowest BCUT2D eigenvalue weighted by molar-refractivity contribution is -0.137. The molecule has 0 spiro atoms. The van der Waals surface area contributed by atoms with Gasteiger partial charge in [-0.1, -0.05) is 24.3 Å². The highest BCUT2D eigenvalue weighted by Crippen LogP contribution is 2.36. The number of aliphatic hydroxyl groups is 1. The van der Waals surface area contributed by atoms with Crippen molar-refractivity contribution in [3.05, 3.63) is 64.7 Å². The van der Waals surface area contributed by atoms with Gasteiger partial charge in [0.2, 0.25) is 0 Å². The minimum absolute atomic E-state index is 0.0201. The number of morpholine rings is 1. The summed E-state index contributed by atoms with van der Waals surface area (Å²) in [6.07, 6.45) is -2.83. The highest BCUT2D eigenvalue weighted by molar-refractivity contribution is 5.85. The van der Waals surface area contributed by atoms with Gasteiger partial charge in [-0.25, -0.2) is 0 Å². The van der Waals surface area contributed by atoms with Crippen LogP contribution in [0.3, 0.4) is 0 Å². The second-order valence-electron chi connectivity index (χ2n) is 6.96. The van der Waals surface area contributed by atoms with E-state index in [0.29, 0.717) is 25.4 Å². The number of alkyl halides is 3. The van der Waals surface area contributed by atoms with Crippen molar-refractivity contribution >= 4 is 17.5 Å². The number of ether oxygens (including phenoxy) is 1. The second kappa shape index (κ2) is 7.48. The monoisotopic (exact) mass is 390 g/mol. The summed E-state index contributed by atoms with van der Waals surface area (Å²) in [6.45, 7) is 2.34. The maximum absolute atomic E-state index is 13.3. The van der Waals surface area contributed by atoms with E-state index in [1.54, 1.807) is 12.1 Å². The number of benzene rings is 2. The number of hydrogen-bond donors (Lipinski definition) is 2. The first-order valence-electron chi connectivity index (χ1n) is 9.18. The zero-order chi connectivity index (χ0) is 19.7. The topological polar surface area (TPSA) is 44.7 Å². The van der Waals surface area contributed by atoms with Crippen molar-refractivity contribution in [2.75, 3.05) is 31.2 Å². The maximum atomic E-state index is 13.3. The van der Waals surface area contributed by atoms with Gasteiger partial charge in [0, 0.05) is 36.6 Å². The van der Waals surface area contributed by atoms with Crippen LogP contribution in [0.2, 0.25) is 0 Å². The number of nitrogens with zero attached hydrogens (tertiary/aromatic N) is 1. The minimum atomic E-state index is -4.40. The Morgan fingerprint density at radius 1 is 1.18 bits per heavy atom. The number of nitrogens with one attached hydrogen (secondary N) is 1. The number of hydrogen-bond acceptors (Lipinski definition) is 4. The zero-order valence-corrected chi connectivity index (χ0v) is 15.2. The van der Waals surface area contributed by atoms with Gasteiger partial charge >= 0.3 is 6.18 Å². The van der Waals surface area contributed by atoms with Crippen LogP contribution in [0.1, 0.15) is 22.3 Å². The number of rotatable bonds is 3. The van der Waals surface area contributed by atoms with Gasteiger partial charge in [0.05, 0.1) is 24.9 Å². The molecule has 1 saturated heterocycles. The molecule has 0 bridgehead atoms. The summed E-state index contributed by atoms with van der Waals surface area (Å²) in [5, 5.41) is 12.4. The first-order chi connectivity index (χ1) is 13.5. The van der Waals surface area contributed by atoms with Crippen LogP contribution in [0.5, 0.6) is 0 Å². The van der Waals surface area contributed by atoms with Crippen LogP contribution < -0.4 is 10.2 Å². The Labute approximate surface area is 161 Å². The smallest absolute Gasteiger partial charge is 0.394 e. The van der Waals surface area contributed by atoms with Gasteiger partial charge in [-0.05, 0) is 35.4 Å². The molecule has 2 aliphatic heterocycles. The fourth-order valence-electron chi connectivity index (χ4n) is 3.68. The molecule has 0 radical (unpaired) electrons. The summed E-state index contributed by atoms with van der Waals surface area (Å²) >= 11 is 0. The molecular weight excluding hydrogens is 369 g/mol. The standard InChI is InChI=1S/C21H21F3N2O2/c22-21(23,24)19-4-2-1-3-18(19)20-10-14-5-6-16(9-15(14)11-25-20)26-7-8-28-17(12-26)13-27/h1-6,9-10,17,25,27H,7-8,11-13H2. The van der Waals surface area contributed by atoms with E-state index in [0.717, 1.165) is 29.4 Å². The summed E-state index contributed by atoms with van der Waals surface area (Å²) < 4.78 is 45.5. The molecular formula is C21H21F3N2O2. The van der Waals surface area contributed by atoms with Crippen LogP contribution in [-0.2, 0) is 17.5 Å². The van der Waals surface area contributed by atoms with E-state index >= 15 is 0 Å². The molecule has 7 heteroatoms. The minimum Gasteiger partial charge on any atom is -0.394 e. The van der Waals surface area contributed by atoms with E-state index in [1.165, 1.54) is 12.1 Å². The lowest BCUT2D eigenvalue weighted by Gasteiger charge is -2.34. The van der Waals surface area contributed by atoms with Gasteiger partial charge in [0.1, 0.15) is 0 Å². The second-order valence-corrected chi connectivity index (χ2v) is 6.96. The Kier molecular flexibility index (Phi) is 5.03. The van der Waals surface area contributed by atoms with Crippen molar-refractivity contribution < 1.29 is 23.0 Å². The molecule has 1 fully saturated rings. The summed E-state index contributed by atoms with van der Waals surface area (Å²) in [6, 6.07) is 11.6. The largest absolute Gasteiger partial charge is 0.417 e. The van der Waals surface area contributed by atoms with Crippen LogP contribution in [-0.4, -0.2) is 37.5 Å². The third-order valence-electron chi connectivity index (χ3n) is 5.13. The lowest BCUT2D eigenvalue weighted by Crippen LogP contribution is -2.44. The van der Waals surface area contributed by atoms with Gasteiger partial charge < -0.3 is 20.1 Å². The van der Waals surface area contributed by atoms with Crippen LogP contribution in [0, 0.1) is 0 Å². The van der Waals surface area contributed by atoms with Crippen LogP contribution in [0.25, 0.3) is 11.8 Å². The van der Waals surface area contributed by atoms with Crippen molar-refractivity contribution in [2.24, 2.45) is 0 Å². The Morgan fingerprint density at radius 2 is 2.00 bits per heavy atom. The van der Waals surface area contributed by atoms with Crippen LogP contribution >= 0.6 is 0 Å². The van der Waals surface area contributed by atoms with Crippen LogP contribution in [0.15, 0.2) is 42.5 Å². The molecule has 1 atom stereocenters. The van der Waals surface area contributed by atoms with Crippen LogP contribution in [0.4, 0.5) is 18.9 Å². The number of fused-ring (bicyclic) bond motifs is 1.